The molecule has 1 N–H and O–H groups in total. The number of carbonyl (C=O) groups excluding carboxylic acids is 1. The van der Waals surface area contributed by atoms with E-state index in [1.54, 1.807) is 36.8 Å². The van der Waals surface area contributed by atoms with Gasteiger partial charge in [0.2, 0.25) is 0 Å². The van der Waals surface area contributed by atoms with E-state index in [1.165, 1.54) is 6.20 Å². The number of amides is 1. The van der Waals surface area contributed by atoms with Gasteiger partial charge in [0, 0.05) is 31.3 Å². The van der Waals surface area contributed by atoms with Crippen LogP contribution >= 0.6 is 11.6 Å². The molecule has 0 aliphatic rings. The summed E-state index contributed by atoms with van der Waals surface area (Å²) in [5.74, 6) is -0.168. The number of nitrogens with zero attached hydrogens (tertiary/aromatic N) is 2. The highest BCUT2D eigenvalue weighted by Gasteiger charge is 2.04. The summed E-state index contributed by atoms with van der Waals surface area (Å²) in [7, 11) is 0. The first kappa shape index (κ1) is 11.5. The molecule has 86 valence electrons. The average Bonchev–Trinajstić information content (AvgIpc) is 2.37. The lowest BCUT2D eigenvalue weighted by Crippen LogP contribution is -2.22. The Bertz CT molecular complexity index is 516. The molecule has 2 aromatic heterocycles. The van der Waals surface area contributed by atoms with E-state index in [0.717, 1.165) is 5.56 Å². The van der Waals surface area contributed by atoms with Gasteiger partial charge in [-0.1, -0.05) is 11.6 Å². The predicted molar refractivity (Wildman–Crippen MR) is 64.7 cm³/mol. The highest BCUT2D eigenvalue weighted by molar-refractivity contribution is 6.30. The van der Waals surface area contributed by atoms with E-state index in [4.69, 9.17) is 11.6 Å². The van der Waals surface area contributed by atoms with Gasteiger partial charge in [0.15, 0.2) is 0 Å². The summed E-state index contributed by atoms with van der Waals surface area (Å²) in [6, 6.07) is 5.19. The highest BCUT2D eigenvalue weighted by Crippen LogP contribution is 2.08. The lowest BCUT2D eigenvalue weighted by molar-refractivity contribution is 0.0950. The molecule has 0 spiro atoms. The van der Waals surface area contributed by atoms with E-state index in [0.29, 0.717) is 17.1 Å². The minimum absolute atomic E-state index is 0.168. The second kappa shape index (κ2) is 5.41. The zero-order valence-corrected chi connectivity index (χ0v) is 9.69. The van der Waals surface area contributed by atoms with Crippen molar-refractivity contribution in [3.63, 3.8) is 0 Å². The fourth-order valence-corrected chi connectivity index (χ4v) is 1.53. The molecule has 0 atom stereocenters. The van der Waals surface area contributed by atoms with Crippen molar-refractivity contribution in [2.75, 3.05) is 0 Å². The van der Waals surface area contributed by atoms with Crippen LogP contribution in [0.15, 0.2) is 43.0 Å². The molecule has 0 aliphatic carbocycles. The maximum Gasteiger partial charge on any atom is 0.253 e. The smallest absolute Gasteiger partial charge is 0.253 e. The molecule has 2 rings (SSSR count). The molecular weight excluding hydrogens is 238 g/mol. The van der Waals surface area contributed by atoms with E-state index in [-0.39, 0.29) is 5.91 Å². The second-order valence-electron chi connectivity index (χ2n) is 3.44. The van der Waals surface area contributed by atoms with Crippen LogP contribution in [-0.4, -0.2) is 15.9 Å². The summed E-state index contributed by atoms with van der Waals surface area (Å²) in [5.41, 5.74) is 1.39. The maximum atomic E-state index is 11.7. The molecule has 0 unspecified atom stereocenters. The Balaban J connectivity index is 1.97. The van der Waals surface area contributed by atoms with Gasteiger partial charge >= 0.3 is 0 Å². The normalized spacial score (nSPS) is 9.94. The zero-order valence-electron chi connectivity index (χ0n) is 8.93. The number of carbonyl (C=O) groups is 1. The Hall–Kier alpha value is -1.94. The Kier molecular flexibility index (Phi) is 3.67. The number of hydrogen-bond acceptors (Lipinski definition) is 3. The van der Waals surface area contributed by atoms with Crippen LogP contribution in [-0.2, 0) is 6.54 Å². The van der Waals surface area contributed by atoms with Crippen molar-refractivity contribution < 1.29 is 4.79 Å². The van der Waals surface area contributed by atoms with Crippen molar-refractivity contribution in [1.82, 2.24) is 15.3 Å². The fourth-order valence-electron chi connectivity index (χ4n) is 1.33. The first-order chi connectivity index (χ1) is 8.25. The van der Waals surface area contributed by atoms with Gasteiger partial charge in [-0.15, -0.1) is 0 Å². The Morgan fingerprint density at radius 2 is 2.18 bits per heavy atom. The van der Waals surface area contributed by atoms with Crippen LogP contribution in [0.3, 0.4) is 0 Å². The lowest BCUT2D eigenvalue weighted by atomic mass is 10.2. The SMILES string of the molecule is O=C(NCc1cncc(Cl)c1)c1cccnc1. The number of hydrogen-bond donors (Lipinski definition) is 1. The molecule has 0 fully saturated rings. The molecule has 0 radical (unpaired) electrons. The van der Waals surface area contributed by atoms with Gasteiger partial charge in [-0.25, -0.2) is 0 Å². The number of aromatic nitrogens is 2. The minimum Gasteiger partial charge on any atom is -0.348 e. The third kappa shape index (κ3) is 3.26. The monoisotopic (exact) mass is 247 g/mol. The molecule has 0 saturated heterocycles. The largest absolute Gasteiger partial charge is 0.348 e. The molecule has 0 aromatic carbocycles. The Morgan fingerprint density at radius 3 is 2.88 bits per heavy atom. The molecular formula is C12H10ClN3O. The molecule has 2 heterocycles. The zero-order chi connectivity index (χ0) is 12.1. The van der Waals surface area contributed by atoms with Crippen LogP contribution in [0.25, 0.3) is 0 Å². The molecule has 4 nitrogen and oxygen atoms in total. The summed E-state index contributed by atoms with van der Waals surface area (Å²) in [5, 5.41) is 3.32. The maximum absolute atomic E-state index is 11.7. The van der Waals surface area contributed by atoms with E-state index in [2.05, 4.69) is 15.3 Å². The first-order valence-electron chi connectivity index (χ1n) is 5.03. The van der Waals surface area contributed by atoms with Gasteiger partial charge < -0.3 is 5.32 Å². The van der Waals surface area contributed by atoms with Gasteiger partial charge in [0.25, 0.3) is 5.91 Å². The number of nitrogens with one attached hydrogen (secondary N) is 1. The van der Waals surface area contributed by atoms with Crippen molar-refractivity contribution >= 4 is 17.5 Å². The lowest BCUT2D eigenvalue weighted by Gasteiger charge is -2.04. The molecule has 2 aromatic rings. The third-order valence-electron chi connectivity index (χ3n) is 2.14. The minimum atomic E-state index is -0.168. The van der Waals surface area contributed by atoms with Crippen LogP contribution in [0.5, 0.6) is 0 Å². The number of rotatable bonds is 3. The van der Waals surface area contributed by atoms with E-state index < -0.39 is 0 Å². The number of halogens is 1. The molecule has 5 heteroatoms. The van der Waals surface area contributed by atoms with Crippen LogP contribution < -0.4 is 5.32 Å². The summed E-state index contributed by atoms with van der Waals surface area (Å²) in [6.07, 6.45) is 6.35. The van der Waals surface area contributed by atoms with E-state index >= 15 is 0 Å². The second-order valence-corrected chi connectivity index (χ2v) is 3.87. The van der Waals surface area contributed by atoms with Crippen molar-refractivity contribution in [2.45, 2.75) is 6.54 Å². The summed E-state index contributed by atoms with van der Waals surface area (Å²) in [6.45, 7) is 0.390. The standard InChI is InChI=1S/C12H10ClN3O/c13-11-4-9(5-15-8-11)6-16-12(17)10-2-1-3-14-7-10/h1-5,7-8H,6H2,(H,16,17). The Morgan fingerprint density at radius 1 is 1.29 bits per heavy atom. The summed E-state index contributed by atoms with van der Waals surface area (Å²) < 4.78 is 0. The van der Waals surface area contributed by atoms with Crippen molar-refractivity contribution in [1.29, 1.82) is 0 Å². The first-order valence-corrected chi connectivity index (χ1v) is 5.41. The van der Waals surface area contributed by atoms with Gasteiger partial charge in [-0.3, -0.25) is 14.8 Å². The van der Waals surface area contributed by atoms with Crippen LogP contribution in [0.1, 0.15) is 15.9 Å². The quantitative estimate of drug-likeness (QED) is 0.903. The third-order valence-corrected chi connectivity index (χ3v) is 2.35. The summed E-state index contributed by atoms with van der Waals surface area (Å²) >= 11 is 5.79. The average molecular weight is 248 g/mol. The highest BCUT2D eigenvalue weighted by atomic mass is 35.5. The summed E-state index contributed by atoms with van der Waals surface area (Å²) in [4.78, 5) is 19.5. The van der Waals surface area contributed by atoms with E-state index in [9.17, 15) is 4.79 Å². The Labute approximate surface area is 104 Å². The van der Waals surface area contributed by atoms with Crippen molar-refractivity contribution in [2.24, 2.45) is 0 Å². The van der Waals surface area contributed by atoms with Crippen molar-refractivity contribution in [3.8, 4) is 0 Å². The van der Waals surface area contributed by atoms with Crippen LogP contribution in [0, 0.1) is 0 Å². The van der Waals surface area contributed by atoms with Gasteiger partial charge in [-0.2, -0.15) is 0 Å². The van der Waals surface area contributed by atoms with Gasteiger partial charge in [0.1, 0.15) is 0 Å². The van der Waals surface area contributed by atoms with Crippen molar-refractivity contribution in [3.05, 3.63) is 59.1 Å². The molecule has 1 amide bonds. The molecule has 0 aliphatic heterocycles. The predicted octanol–water partition coefficient (Wildman–Crippen LogP) is 2.06. The number of pyridine rings is 2. The topological polar surface area (TPSA) is 54.9 Å². The van der Waals surface area contributed by atoms with E-state index in [1.807, 2.05) is 0 Å². The van der Waals surface area contributed by atoms with Gasteiger partial charge in [0.05, 0.1) is 10.6 Å². The van der Waals surface area contributed by atoms with Crippen LogP contribution in [0.4, 0.5) is 0 Å². The van der Waals surface area contributed by atoms with Crippen LogP contribution in [0.2, 0.25) is 5.02 Å². The molecule has 0 bridgehead atoms. The van der Waals surface area contributed by atoms with Gasteiger partial charge in [-0.05, 0) is 23.8 Å². The molecule has 0 saturated carbocycles. The fraction of sp³-hybridized carbons (Fsp3) is 0.0833. The molecule has 17 heavy (non-hydrogen) atoms.